The van der Waals surface area contributed by atoms with Crippen molar-refractivity contribution in [2.75, 3.05) is 18.5 Å². The minimum absolute atomic E-state index is 0.0197. The number of rotatable bonds is 2. The van der Waals surface area contributed by atoms with Crippen molar-refractivity contribution in [1.82, 2.24) is 19.9 Å². The maximum Gasteiger partial charge on any atom is 0.242 e. The smallest absolute Gasteiger partial charge is 0.242 e. The minimum atomic E-state index is -0.104. The van der Waals surface area contributed by atoms with Crippen LogP contribution < -0.4 is 10.2 Å². The zero-order valence-electron chi connectivity index (χ0n) is 12.9. The quantitative estimate of drug-likeness (QED) is 0.919. The number of hydrogen-bond donors (Lipinski definition) is 1. The van der Waals surface area contributed by atoms with Crippen LogP contribution in [0.15, 0.2) is 6.20 Å². The van der Waals surface area contributed by atoms with Crippen LogP contribution in [-0.4, -0.2) is 40.1 Å². The first-order valence-electron chi connectivity index (χ1n) is 7.25. The van der Waals surface area contributed by atoms with E-state index in [-0.39, 0.29) is 17.4 Å². The van der Waals surface area contributed by atoms with Gasteiger partial charge in [0.05, 0.1) is 11.9 Å². The van der Waals surface area contributed by atoms with Crippen LogP contribution in [0.4, 0.5) is 5.13 Å². The third-order valence-electron chi connectivity index (χ3n) is 3.85. The summed E-state index contributed by atoms with van der Waals surface area (Å²) in [6, 6.07) is -0.104. The minimum Gasteiger partial charge on any atom is -0.357 e. The Kier molecular flexibility index (Phi) is 3.39. The summed E-state index contributed by atoms with van der Waals surface area (Å²) in [6.45, 7) is 7.30. The fraction of sp³-hybridized carbons (Fsp3) is 0.643. The van der Waals surface area contributed by atoms with Crippen molar-refractivity contribution in [2.24, 2.45) is 0 Å². The number of anilines is 1. The van der Waals surface area contributed by atoms with Crippen molar-refractivity contribution in [3.05, 3.63) is 11.9 Å². The van der Waals surface area contributed by atoms with Gasteiger partial charge in [-0.2, -0.15) is 0 Å². The molecule has 3 heterocycles. The zero-order valence-corrected chi connectivity index (χ0v) is 13.7. The third kappa shape index (κ3) is 2.50. The zero-order chi connectivity index (χ0) is 15.2. The molecule has 1 aliphatic heterocycles. The molecule has 1 aliphatic rings. The number of amides is 1. The highest BCUT2D eigenvalue weighted by Crippen LogP contribution is 2.31. The van der Waals surface area contributed by atoms with E-state index in [1.807, 2.05) is 10.7 Å². The molecular formula is C14H21N5OS. The molecule has 3 rings (SSSR count). The van der Waals surface area contributed by atoms with Crippen molar-refractivity contribution in [3.8, 4) is 0 Å². The van der Waals surface area contributed by atoms with Crippen LogP contribution in [-0.2, 0) is 10.2 Å². The standard InChI is InChI=1S/C14H21N5OS/c1-14(2,3)10-8-19-12(16-10)21-13(17-19)18-7-5-6-9(18)11(20)15-4/h8-9H,5-7H2,1-4H3,(H,15,20). The van der Waals surface area contributed by atoms with Crippen LogP contribution in [0.25, 0.3) is 4.96 Å². The molecule has 1 unspecified atom stereocenters. The maximum atomic E-state index is 11.9. The Hall–Kier alpha value is -1.63. The number of aromatic nitrogens is 3. The molecule has 0 saturated carbocycles. The first-order chi connectivity index (χ1) is 9.90. The molecule has 1 amide bonds. The third-order valence-corrected chi connectivity index (χ3v) is 4.81. The molecule has 1 saturated heterocycles. The van der Waals surface area contributed by atoms with Crippen molar-refractivity contribution in [1.29, 1.82) is 0 Å². The Balaban J connectivity index is 1.91. The Morgan fingerprint density at radius 2 is 2.24 bits per heavy atom. The lowest BCUT2D eigenvalue weighted by Crippen LogP contribution is -2.42. The van der Waals surface area contributed by atoms with Crippen LogP contribution in [0.2, 0.25) is 0 Å². The summed E-state index contributed by atoms with van der Waals surface area (Å²) < 4.78 is 1.83. The van der Waals surface area contributed by atoms with E-state index in [1.165, 1.54) is 0 Å². The molecular weight excluding hydrogens is 286 g/mol. The molecule has 2 aromatic rings. The molecule has 0 bridgehead atoms. The van der Waals surface area contributed by atoms with Crippen LogP contribution in [0, 0.1) is 0 Å². The lowest BCUT2D eigenvalue weighted by atomic mass is 9.93. The van der Waals surface area contributed by atoms with E-state index in [4.69, 9.17) is 0 Å². The number of hydrogen-bond acceptors (Lipinski definition) is 5. The SMILES string of the molecule is CNC(=O)C1CCCN1c1nn2cc(C(C)(C)C)nc2s1. The highest BCUT2D eigenvalue weighted by atomic mass is 32.1. The normalized spacial score (nSPS) is 19.4. The van der Waals surface area contributed by atoms with Crippen molar-refractivity contribution < 1.29 is 4.79 Å². The largest absolute Gasteiger partial charge is 0.357 e. The number of imidazole rings is 1. The van der Waals surface area contributed by atoms with E-state index >= 15 is 0 Å². The molecule has 7 heteroatoms. The summed E-state index contributed by atoms with van der Waals surface area (Å²) in [5.41, 5.74) is 1.06. The number of nitrogens with zero attached hydrogens (tertiary/aromatic N) is 4. The molecule has 0 radical (unpaired) electrons. The molecule has 21 heavy (non-hydrogen) atoms. The summed E-state index contributed by atoms with van der Waals surface area (Å²) in [4.78, 5) is 19.6. The van der Waals surface area contributed by atoms with E-state index in [0.29, 0.717) is 0 Å². The molecule has 1 fully saturated rings. The summed E-state index contributed by atoms with van der Waals surface area (Å²) in [5.74, 6) is 0.0655. The molecule has 0 aromatic carbocycles. The summed E-state index contributed by atoms with van der Waals surface area (Å²) in [6.07, 6.45) is 3.89. The first-order valence-corrected chi connectivity index (χ1v) is 8.07. The lowest BCUT2D eigenvalue weighted by Gasteiger charge is -2.21. The van der Waals surface area contributed by atoms with Gasteiger partial charge in [0.15, 0.2) is 0 Å². The molecule has 2 aromatic heterocycles. The average molecular weight is 307 g/mol. The number of carbonyl (C=O) groups excluding carboxylic acids is 1. The molecule has 6 nitrogen and oxygen atoms in total. The van der Waals surface area contributed by atoms with Crippen LogP contribution in [0.3, 0.4) is 0 Å². The van der Waals surface area contributed by atoms with Gasteiger partial charge in [0.1, 0.15) is 6.04 Å². The number of carbonyl (C=O) groups is 1. The fourth-order valence-electron chi connectivity index (χ4n) is 2.60. The second-order valence-electron chi connectivity index (χ2n) is 6.45. The highest BCUT2D eigenvalue weighted by Gasteiger charge is 2.32. The monoisotopic (exact) mass is 307 g/mol. The van der Waals surface area contributed by atoms with E-state index in [2.05, 4.69) is 41.1 Å². The predicted octanol–water partition coefficient (Wildman–Crippen LogP) is 1.80. The average Bonchev–Trinajstić information content (AvgIpc) is 3.08. The second kappa shape index (κ2) is 4.98. The van der Waals surface area contributed by atoms with Crippen molar-refractivity contribution in [2.45, 2.75) is 45.1 Å². The molecule has 0 aliphatic carbocycles. The van der Waals surface area contributed by atoms with Crippen molar-refractivity contribution >= 4 is 27.3 Å². The molecule has 1 N–H and O–H groups in total. The van der Waals surface area contributed by atoms with E-state index in [1.54, 1.807) is 18.4 Å². The van der Waals surface area contributed by atoms with Gasteiger partial charge in [-0.25, -0.2) is 9.50 Å². The van der Waals surface area contributed by atoms with Crippen LogP contribution in [0.1, 0.15) is 39.3 Å². The Labute approximate surface area is 128 Å². The van der Waals surface area contributed by atoms with Gasteiger partial charge in [-0.15, -0.1) is 5.10 Å². The Bertz CT molecular complexity index is 637. The van der Waals surface area contributed by atoms with Gasteiger partial charge in [0.25, 0.3) is 0 Å². The molecule has 1 atom stereocenters. The van der Waals surface area contributed by atoms with Crippen molar-refractivity contribution in [3.63, 3.8) is 0 Å². The predicted molar refractivity (Wildman–Crippen MR) is 84.0 cm³/mol. The lowest BCUT2D eigenvalue weighted by molar-refractivity contribution is -0.121. The summed E-state index contributed by atoms with van der Waals surface area (Å²) in [7, 11) is 1.68. The van der Waals surface area contributed by atoms with Gasteiger partial charge in [-0.1, -0.05) is 32.1 Å². The van der Waals surface area contributed by atoms with Gasteiger partial charge in [0, 0.05) is 19.0 Å². The van der Waals surface area contributed by atoms with Gasteiger partial charge in [-0.3, -0.25) is 4.79 Å². The Morgan fingerprint density at radius 3 is 2.86 bits per heavy atom. The van der Waals surface area contributed by atoms with E-state index in [9.17, 15) is 4.79 Å². The van der Waals surface area contributed by atoms with Gasteiger partial charge in [-0.05, 0) is 12.8 Å². The topological polar surface area (TPSA) is 62.5 Å². The van der Waals surface area contributed by atoms with E-state index in [0.717, 1.165) is 35.2 Å². The van der Waals surface area contributed by atoms with Crippen LogP contribution in [0.5, 0.6) is 0 Å². The summed E-state index contributed by atoms with van der Waals surface area (Å²) >= 11 is 1.55. The first kappa shape index (κ1) is 14.3. The molecule has 114 valence electrons. The number of nitrogens with one attached hydrogen (secondary N) is 1. The maximum absolute atomic E-state index is 11.9. The van der Waals surface area contributed by atoms with E-state index < -0.39 is 0 Å². The molecule has 0 spiro atoms. The van der Waals surface area contributed by atoms with Gasteiger partial charge < -0.3 is 10.2 Å². The fourth-order valence-corrected chi connectivity index (χ4v) is 3.56. The number of likely N-dealkylation sites (N-methyl/N-ethyl adjacent to an activating group) is 1. The van der Waals surface area contributed by atoms with Crippen LogP contribution >= 0.6 is 11.3 Å². The Morgan fingerprint density at radius 1 is 1.48 bits per heavy atom. The van der Waals surface area contributed by atoms with Gasteiger partial charge in [0.2, 0.25) is 16.0 Å². The summed E-state index contributed by atoms with van der Waals surface area (Å²) in [5, 5.41) is 8.23. The van der Waals surface area contributed by atoms with Gasteiger partial charge >= 0.3 is 0 Å². The highest BCUT2D eigenvalue weighted by molar-refractivity contribution is 7.20. The number of fused-ring (bicyclic) bond motifs is 1. The second-order valence-corrected chi connectivity index (χ2v) is 7.39.